The molecule has 0 saturated heterocycles. The molecule has 3 atom stereocenters. The number of likely N-dealkylation sites (N-methyl/N-ethyl adjacent to an activating group) is 1. The SMILES string of the molecule is CC\C=C/C=C/C=C/C=C\C=C\C=C\CCCCCC(=O)OC(/C=C\CCCCCCCCCCC)C(COP(=O)(O)OCC[N+](C)(C)C)NC(=O)CCCCCCCCCC/C=C\C/C=C\C/C=C\C/C=C\C/C=C\C/C=C\CC. The molecule has 1 amide bonds. The molecule has 458 valence electrons. The summed E-state index contributed by atoms with van der Waals surface area (Å²) in [5, 5.41) is 3.04. The summed E-state index contributed by atoms with van der Waals surface area (Å²) < 4.78 is 30.6. The van der Waals surface area contributed by atoms with Gasteiger partial charge in [0.25, 0.3) is 0 Å². The topological polar surface area (TPSA) is 111 Å². The molecule has 0 aromatic rings. The van der Waals surface area contributed by atoms with Crippen LogP contribution < -0.4 is 5.32 Å². The van der Waals surface area contributed by atoms with Crippen LogP contribution in [0.5, 0.6) is 0 Å². The molecule has 0 spiro atoms. The summed E-state index contributed by atoms with van der Waals surface area (Å²) in [6, 6.07) is -0.884. The van der Waals surface area contributed by atoms with Crippen molar-refractivity contribution in [1.82, 2.24) is 5.32 Å². The van der Waals surface area contributed by atoms with Crippen molar-refractivity contribution >= 4 is 19.7 Å². The van der Waals surface area contributed by atoms with Crippen molar-refractivity contribution in [2.75, 3.05) is 40.9 Å². The fourth-order valence-corrected chi connectivity index (χ4v) is 9.00. The lowest BCUT2D eigenvalue weighted by Gasteiger charge is -2.27. The summed E-state index contributed by atoms with van der Waals surface area (Å²) in [4.78, 5) is 37.7. The second-order valence-electron chi connectivity index (χ2n) is 22.0. The highest BCUT2D eigenvalue weighted by molar-refractivity contribution is 7.47. The van der Waals surface area contributed by atoms with Gasteiger partial charge in [-0.05, 0) is 102 Å². The number of nitrogens with zero attached hydrogens (tertiary/aromatic N) is 1. The lowest BCUT2D eigenvalue weighted by molar-refractivity contribution is -0.870. The number of unbranched alkanes of at least 4 members (excludes halogenated alkanes) is 20. The van der Waals surface area contributed by atoms with Gasteiger partial charge in [-0.1, -0.05) is 269 Å². The second kappa shape index (κ2) is 58.8. The van der Waals surface area contributed by atoms with Gasteiger partial charge in [0.1, 0.15) is 19.3 Å². The Morgan fingerprint density at radius 2 is 0.852 bits per heavy atom. The molecular weight excluding hydrogens is 1020 g/mol. The maximum absolute atomic E-state index is 13.6. The van der Waals surface area contributed by atoms with Crippen LogP contribution in [0.15, 0.2) is 158 Å². The first-order valence-electron chi connectivity index (χ1n) is 31.9. The quantitative estimate of drug-likeness (QED) is 0.0156. The summed E-state index contributed by atoms with van der Waals surface area (Å²) in [6.45, 7) is 6.68. The predicted octanol–water partition coefficient (Wildman–Crippen LogP) is 20.0. The number of quaternary nitrogens is 1. The Morgan fingerprint density at radius 1 is 0.457 bits per heavy atom. The van der Waals surface area contributed by atoms with Gasteiger partial charge in [-0.3, -0.25) is 18.6 Å². The third-order valence-corrected chi connectivity index (χ3v) is 14.1. The largest absolute Gasteiger partial charge is 0.472 e. The van der Waals surface area contributed by atoms with E-state index in [1.165, 1.54) is 70.6 Å². The van der Waals surface area contributed by atoms with Crippen molar-refractivity contribution in [3.63, 3.8) is 0 Å². The number of hydrogen-bond acceptors (Lipinski definition) is 6. The molecule has 3 unspecified atom stereocenters. The van der Waals surface area contributed by atoms with Crippen LogP contribution in [0.25, 0.3) is 0 Å². The molecule has 0 aliphatic carbocycles. The van der Waals surface area contributed by atoms with Crippen LogP contribution in [0.2, 0.25) is 0 Å². The molecule has 0 radical (unpaired) electrons. The fraction of sp³-hybridized carbons (Fsp3) is 0.606. The van der Waals surface area contributed by atoms with Gasteiger partial charge in [-0.2, -0.15) is 0 Å². The molecule has 0 heterocycles. The van der Waals surface area contributed by atoms with Crippen molar-refractivity contribution in [3.05, 3.63) is 158 Å². The summed E-state index contributed by atoms with van der Waals surface area (Å²) in [6.07, 6.45) is 86.8. The molecule has 0 saturated carbocycles. The minimum atomic E-state index is -4.47. The summed E-state index contributed by atoms with van der Waals surface area (Å²) in [5.41, 5.74) is 0. The average Bonchev–Trinajstić information content (AvgIpc) is 3.43. The molecule has 81 heavy (non-hydrogen) atoms. The average molecular weight is 1140 g/mol. The van der Waals surface area contributed by atoms with Crippen molar-refractivity contribution in [2.24, 2.45) is 0 Å². The van der Waals surface area contributed by atoms with Crippen molar-refractivity contribution in [2.45, 2.75) is 238 Å². The smallest absolute Gasteiger partial charge is 0.456 e. The predicted molar refractivity (Wildman–Crippen MR) is 350 cm³/mol. The number of phosphoric ester groups is 1. The van der Waals surface area contributed by atoms with E-state index in [4.69, 9.17) is 13.8 Å². The summed E-state index contributed by atoms with van der Waals surface area (Å²) >= 11 is 0. The van der Waals surface area contributed by atoms with E-state index in [1.54, 1.807) is 0 Å². The molecule has 0 aliphatic rings. The monoisotopic (exact) mass is 1140 g/mol. The number of allylic oxidation sites excluding steroid dienone is 25. The highest BCUT2D eigenvalue weighted by atomic mass is 31.2. The zero-order chi connectivity index (χ0) is 59.3. The Hall–Kier alpha value is -4.37. The van der Waals surface area contributed by atoms with Crippen molar-refractivity contribution in [3.8, 4) is 0 Å². The molecule has 0 fully saturated rings. The maximum atomic E-state index is 13.6. The Bertz CT molecular complexity index is 1940. The fourth-order valence-electron chi connectivity index (χ4n) is 8.27. The molecule has 9 nitrogen and oxygen atoms in total. The highest BCUT2D eigenvalue weighted by Crippen LogP contribution is 2.43. The van der Waals surface area contributed by atoms with Crippen molar-refractivity contribution < 1.29 is 37.3 Å². The Labute approximate surface area is 497 Å². The first-order valence-corrected chi connectivity index (χ1v) is 33.4. The molecular formula is C71H118N2O7P+. The number of nitrogens with one attached hydrogen (secondary N) is 1. The zero-order valence-corrected chi connectivity index (χ0v) is 53.1. The van der Waals surface area contributed by atoms with E-state index >= 15 is 0 Å². The number of hydrogen-bond donors (Lipinski definition) is 2. The van der Waals surface area contributed by atoms with Crippen LogP contribution in [0.1, 0.15) is 226 Å². The summed E-state index contributed by atoms with van der Waals surface area (Å²) in [7, 11) is 1.44. The normalized spacial score (nSPS) is 14.7. The van der Waals surface area contributed by atoms with Gasteiger partial charge in [0, 0.05) is 12.8 Å². The van der Waals surface area contributed by atoms with E-state index in [9.17, 15) is 19.0 Å². The number of esters is 1. The highest BCUT2D eigenvalue weighted by Gasteiger charge is 2.30. The standard InChI is InChI=1S/C71H117N2O7P/c1-7-10-13-16-19-22-25-27-29-31-32-33-34-35-36-37-38-39-40-42-43-45-48-51-54-57-60-63-70(74)72-68(67-79-81(76,77)78-66-65-73(4,5)6)69(62-59-56-53-50-47-24-21-18-15-12-9-3)80-71(75)64-61-58-55-52-49-46-44-41-30-28-26-23-20-17-14-11-8-2/h10-11,13-14,17,19-20,22-23,26-30,32-33,35-36,38-39,41,44,46,49,59,62,68-69H,7-9,12,15-16,18,21,24-25,31,34,37,40,42-43,45,47-48,50-58,60-61,63-67H2,1-6H3,(H-,72,74,76,77)/p+1/b13-10-,14-11-,20-17+,22-19-,26-23+,29-27-,30-28-,33-32-,36-35-,39-38-,44-41+,49-46+,62-59-. The number of ether oxygens (including phenoxy) is 1. The van der Waals surface area contributed by atoms with E-state index in [2.05, 4.69) is 111 Å². The maximum Gasteiger partial charge on any atom is 0.472 e. The first kappa shape index (κ1) is 76.6. The molecule has 2 N–H and O–H groups in total. The third-order valence-electron chi connectivity index (χ3n) is 13.1. The van der Waals surface area contributed by atoms with Gasteiger partial charge in [-0.15, -0.1) is 0 Å². The van der Waals surface area contributed by atoms with Gasteiger partial charge < -0.3 is 19.4 Å². The molecule has 0 aromatic heterocycles. The first-order chi connectivity index (χ1) is 39.4. The molecule has 0 rings (SSSR count). The van der Waals surface area contributed by atoms with Crippen LogP contribution in [0, 0.1) is 0 Å². The van der Waals surface area contributed by atoms with Crippen LogP contribution >= 0.6 is 7.82 Å². The van der Waals surface area contributed by atoms with Gasteiger partial charge in [0.15, 0.2) is 0 Å². The van der Waals surface area contributed by atoms with E-state index in [-0.39, 0.29) is 31.5 Å². The minimum absolute atomic E-state index is 0.0211. The lowest BCUT2D eigenvalue weighted by atomic mass is 10.0. The zero-order valence-electron chi connectivity index (χ0n) is 52.2. The van der Waals surface area contributed by atoms with Gasteiger partial charge in [0.2, 0.25) is 5.91 Å². The number of amides is 1. The number of phosphoric acid groups is 1. The Morgan fingerprint density at radius 3 is 1.35 bits per heavy atom. The van der Waals surface area contributed by atoms with Crippen LogP contribution in [-0.2, 0) is 27.9 Å². The van der Waals surface area contributed by atoms with Gasteiger partial charge >= 0.3 is 13.8 Å². The van der Waals surface area contributed by atoms with Crippen molar-refractivity contribution in [1.29, 1.82) is 0 Å². The molecule has 10 heteroatoms. The Balaban J connectivity index is 5.21. The molecule has 0 aromatic carbocycles. The van der Waals surface area contributed by atoms with Crippen LogP contribution in [-0.4, -0.2) is 74.3 Å². The van der Waals surface area contributed by atoms with E-state index in [0.29, 0.717) is 23.9 Å². The minimum Gasteiger partial charge on any atom is -0.456 e. The summed E-state index contributed by atoms with van der Waals surface area (Å²) in [5.74, 6) is -0.580. The van der Waals surface area contributed by atoms with Gasteiger partial charge in [0.05, 0.1) is 33.8 Å². The third kappa shape index (κ3) is 60.1. The number of rotatable bonds is 55. The number of carbonyl (C=O) groups excluding carboxylic acids is 2. The van der Waals surface area contributed by atoms with E-state index in [1.807, 2.05) is 94.1 Å². The van der Waals surface area contributed by atoms with E-state index < -0.39 is 20.0 Å². The van der Waals surface area contributed by atoms with Crippen LogP contribution in [0.3, 0.4) is 0 Å². The Kier molecular flexibility index (Phi) is 55.6. The second-order valence-corrected chi connectivity index (χ2v) is 23.4. The van der Waals surface area contributed by atoms with Gasteiger partial charge in [-0.25, -0.2) is 4.57 Å². The van der Waals surface area contributed by atoms with E-state index in [0.717, 1.165) is 116 Å². The number of carbonyl (C=O) groups is 2. The van der Waals surface area contributed by atoms with Crippen LogP contribution in [0.4, 0.5) is 0 Å². The lowest BCUT2D eigenvalue weighted by Crippen LogP contribution is -2.47. The molecule has 0 aliphatic heterocycles. The molecule has 0 bridgehead atoms.